The minimum atomic E-state index is -0.590. The first-order valence-electron chi connectivity index (χ1n) is 6.89. The molecule has 3 rings (SSSR count). The van der Waals surface area contributed by atoms with Crippen LogP contribution in [-0.2, 0) is 6.42 Å². The van der Waals surface area contributed by atoms with Gasteiger partial charge >= 0.3 is 6.03 Å². The van der Waals surface area contributed by atoms with Crippen molar-refractivity contribution in [2.45, 2.75) is 25.5 Å². The van der Waals surface area contributed by atoms with Gasteiger partial charge in [0.15, 0.2) is 0 Å². The number of anilines is 1. The van der Waals surface area contributed by atoms with Crippen molar-refractivity contribution in [3.8, 4) is 0 Å². The summed E-state index contributed by atoms with van der Waals surface area (Å²) in [5.74, 6) is 0. The number of benzene rings is 1. The minimum absolute atomic E-state index is 0.332. The Morgan fingerprint density at radius 2 is 2.14 bits per heavy atom. The van der Waals surface area contributed by atoms with Crippen molar-refractivity contribution in [3.05, 3.63) is 59.4 Å². The number of rotatable bonds is 2. The third-order valence-electron chi connectivity index (χ3n) is 3.65. The summed E-state index contributed by atoms with van der Waals surface area (Å²) in [7, 11) is 0. The van der Waals surface area contributed by atoms with E-state index in [1.165, 1.54) is 0 Å². The highest BCUT2D eigenvalue weighted by Crippen LogP contribution is 2.31. The zero-order valence-corrected chi connectivity index (χ0v) is 11.7. The molecule has 1 aromatic heterocycles. The summed E-state index contributed by atoms with van der Waals surface area (Å²) in [5, 5.41) is 15.7. The predicted molar refractivity (Wildman–Crippen MR) is 80.0 cm³/mol. The molecule has 1 aliphatic rings. The van der Waals surface area contributed by atoms with Crippen LogP contribution in [0.4, 0.5) is 10.5 Å². The summed E-state index contributed by atoms with van der Waals surface area (Å²) in [5.41, 5.74) is 3.57. The van der Waals surface area contributed by atoms with Crippen LogP contribution >= 0.6 is 0 Å². The molecule has 5 heteroatoms. The standard InChI is InChI=1S/C16H17N3O2/c1-10-8-12(6-7-17-10)18-16(21)19-15-13-5-3-2-4-11(13)9-14(15)20/h2-8,14-15,20H,9H2,1H3,(H2,17,18,19,21)/t14-,15+/m0/s1. The summed E-state index contributed by atoms with van der Waals surface area (Å²) < 4.78 is 0. The Bertz CT molecular complexity index is 672. The van der Waals surface area contributed by atoms with Crippen LogP contribution in [0.5, 0.6) is 0 Å². The number of pyridine rings is 1. The average Bonchev–Trinajstić information content (AvgIpc) is 2.75. The normalized spacial score (nSPS) is 19.9. The highest BCUT2D eigenvalue weighted by molar-refractivity contribution is 5.89. The van der Waals surface area contributed by atoms with E-state index in [9.17, 15) is 9.90 Å². The molecule has 1 aromatic carbocycles. The maximum Gasteiger partial charge on any atom is 0.319 e. The van der Waals surface area contributed by atoms with Crippen LogP contribution in [-0.4, -0.2) is 22.2 Å². The molecule has 0 aliphatic heterocycles. The molecule has 0 saturated carbocycles. The second kappa shape index (κ2) is 5.54. The van der Waals surface area contributed by atoms with Gasteiger partial charge in [-0.05, 0) is 30.2 Å². The number of urea groups is 1. The highest BCUT2D eigenvalue weighted by Gasteiger charge is 2.31. The number of amides is 2. The Kier molecular flexibility index (Phi) is 3.58. The van der Waals surface area contributed by atoms with Gasteiger partial charge in [-0.2, -0.15) is 0 Å². The lowest BCUT2D eigenvalue weighted by Gasteiger charge is -2.18. The number of carbonyl (C=O) groups is 1. The smallest absolute Gasteiger partial charge is 0.319 e. The molecule has 0 radical (unpaired) electrons. The average molecular weight is 283 g/mol. The molecular weight excluding hydrogens is 266 g/mol. The van der Waals surface area contributed by atoms with Crippen molar-refractivity contribution in [1.82, 2.24) is 10.3 Å². The Morgan fingerprint density at radius 3 is 2.95 bits per heavy atom. The molecule has 21 heavy (non-hydrogen) atoms. The van der Waals surface area contributed by atoms with E-state index in [0.29, 0.717) is 12.1 Å². The third kappa shape index (κ3) is 2.87. The van der Waals surface area contributed by atoms with Crippen molar-refractivity contribution in [2.75, 3.05) is 5.32 Å². The van der Waals surface area contributed by atoms with Crippen molar-refractivity contribution in [1.29, 1.82) is 0 Å². The van der Waals surface area contributed by atoms with Gasteiger partial charge in [-0.3, -0.25) is 4.98 Å². The van der Waals surface area contributed by atoms with Gasteiger partial charge in [0.1, 0.15) is 0 Å². The molecule has 0 unspecified atom stereocenters. The van der Waals surface area contributed by atoms with Crippen molar-refractivity contribution >= 4 is 11.7 Å². The lowest BCUT2D eigenvalue weighted by molar-refractivity contribution is 0.144. The molecule has 0 saturated heterocycles. The van der Waals surface area contributed by atoms with Gasteiger partial charge in [0.25, 0.3) is 0 Å². The van der Waals surface area contributed by atoms with E-state index < -0.39 is 6.10 Å². The lowest BCUT2D eigenvalue weighted by atomic mass is 10.1. The number of fused-ring (bicyclic) bond motifs is 1. The van der Waals surface area contributed by atoms with Gasteiger partial charge in [0.05, 0.1) is 12.1 Å². The molecule has 0 bridgehead atoms. The zero-order valence-electron chi connectivity index (χ0n) is 11.7. The van der Waals surface area contributed by atoms with Gasteiger partial charge in [0.2, 0.25) is 0 Å². The van der Waals surface area contributed by atoms with Crippen molar-refractivity contribution in [2.24, 2.45) is 0 Å². The maximum atomic E-state index is 12.1. The van der Waals surface area contributed by atoms with Crippen LogP contribution in [0.2, 0.25) is 0 Å². The van der Waals surface area contributed by atoms with E-state index in [2.05, 4.69) is 15.6 Å². The predicted octanol–water partition coefficient (Wildman–Crippen LogP) is 2.17. The topological polar surface area (TPSA) is 74.2 Å². The van der Waals surface area contributed by atoms with E-state index in [1.807, 2.05) is 31.2 Å². The fraction of sp³-hybridized carbons (Fsp3) is 0.250. The highest BCUT2D eigenvalue weighted by atomic mass is 16.3. The second-order valence-corrected chi connectivity index (χ2v) is 5.23. The third-order valence-corrected chi connectivity index (χ3v) is 3.65. The van der Waals surface area contributed by atoms with Crippen molar-refractivity contribution < 1.29 is 9.90 Å². The number of aliphatic hydroxyl groups is 1. The van der Waals surface area contributed by atoms with Crippen LogP contribution in [0.25, 0.3) is 0 Å². The van der Waals surface area contributed by atoms with Crippen molar-refractivity contribution in [3.63, 3.8) is 0 Å². The number of aliphatic hydroxyl groups excluding tert-OH is 1. The first kappa shape index (κ1) is 13.6. The lowest BCUT2D eigenvalue weighted by Crippen LogP contribution is -2.36. The fourth-order valence-corrected chi connectivity index (χ4v) is 2.68. The number of nitrogens with zero attached hydrogens (tertiary/aromatic N) is 1. The Labute approximate surface area is 123 Å². The van der Waals surface area contributed by atoms with Crippen LogP contribution < -0.4 is 10.6 Å². The van der Waals surface area contributed by atoms with Gasteiger partial charge in [-0.1, -0.05) is 24.3 Å². The molecule has 3 N–H and O–H groups in total. The van der Waals surface area contributed by atoms with E-state index in [0.717, 1.165) is 16.8 Å². The van der Waals surface area contributed by atoms with Gasteiger partial charge < -0.3 is 15.7 Å². The Morgan fingerprint density at radius 1 is 1.33 bits per heavy atom. The van der Waals surface area contributed by atoms with Gasteiger partial charge in [-0.15, -0.1) is 0 Å². The fourth-order valence-electron chi connectivity index (χ4n) is 2.68. The molecule has 0 fully saturated rings. The van der Waals surface area contributed by atoms with Gasteiger partial charge in [0, 0.05) is 24.0 Å². The molecular formula is C16H17N3O2. The van der Waals surface area contributed by atoms with E-state index in [-0.39, 0.29) is 12.1 Å². The summed E-state index contributed by atoms with van der Waals surface area (Å²) in [4.78, 5) is 16.2. The molecule has 108 valence electrons. The number of nitrogens with one attached hydrogen (secondary N) is 2. The second-order valence-electron chi connectivity index (χ2n) is 5.23. The number of hydrogen-bond donors (Lipinski definition) is 3. The quantitative estimate of drug-likeness (QED) is 0.790. The zero-order chi connectivity index (χ0) is 14.8. The number of aromatic nitrogens is 1. The van der Waals surface area contributed by atoms with Gasteiger partial charge in [-0.25, -0.2) is 4.79 Å². The maximum absolute atomic E-state index is 12.1. The Hall–Kier alpha value is -2.40. The number of carbonyl (C=O) groups excluding carboxylic acids is 1. The van der Waals surface area contributed by atoms with Crippen LogP contribution in [0.1, 0.15) is 22.9 Å². The summed E-state index contributed by atoms with van der Waals surface area (Å²) in [6, 6.07) is 10.6. The number of hydrogen-bond acceptors (Lipinski definition) is 3. The summed E-state index contributed by atoms with van der Waals surface area (Å²) in [6.07, 6.45) is 1.62. The van der Waals surface area contributed by atoms with E-state index in [1.54, 1.807) is 18.3 Å². The molecule has 2 amide bonds. The number of aryl methyl sites for hydroxylation is 1. The minimum Gasteiger partial charge on any atom is -0.390 e. The summed E-state index contributed by atoms with van der Waals surface area (Å²) >= 11 is 0. The molecule has 2 aromatic rings. The van der Waals surface area contributed by atoms with Crippen LogP contribution in [0, 0.1) is 6.92 Å². The summed E-state index contributed by atoms with van der Waals surface area (Å²) in [6.45, 7) is 1.86. The largest absolute Gasteiger partial charge is 0.390 e. The first-order chi connectivity index (χ1) is 10.1. The Balaban J connectivity index is 1.70. The first-order valence-corrected chi connectivity index (χ1v) is 6.89. The molecule has 5 nitrogen and oxygen atoms in total. The molecule has 0 spiro atoms. The van der Waals surface area contributed by atoms with E-state index >= 15 is 0 Å². The van der Waals surface area contributed by atoms with Crippen LogP contribution in [0.3, 0.4) is 0 Å². The molecule has 1 heterocycles. The molecule has 1 aliphatic carbocycles. The monoisotopic (exact) mass is 283 g/mol. The van der Waals surface area contributed by atoms with E-state index in [4.69, 9.17) is 0 Å². The molecule has 2 atom stereocenters. The SMILES string of the molecule is Cc1cc(NC(=O)N[C@@H]2c3ccccc3C[C@@H]2O)ccn1. The van der Waals surface area contributed by atoms with Crippen LogP contribution in [0.15, 0.2) is 42.6 Å².